The van der Waals surface area contributed by atoms with Crippen molar-refractivity contribution in [2.24, 2.45) is 0 Å². The van der Waals surface area contributed by atoms with Crippen LogP contribution in [0.25, 0.3) is 0 Å². The van der Waals surface area contributed by atoms with Crippen molar-refractivity contribution < 1.29 is 14.3 Å². The Morgan fingerprint density at radius 2 is 2.33 bits per heavy atom. The Kier molecular flexibility index (Phi) is 3.72. The number of nitrogens with one attached hydrogen (secondary N) is 1. The predicted octanol–water partition coefficient (Wildman–Crippen LogP) is 1.36. The first-order valence-electron chi connectivity index (χ1n) is 5.58. The second-order valence-corrected chi connectivity index (χ2v) is 4.55. The van der Waals surface area contributed by atoms with Crippen LogP contribution in [0.2, 0.25) is 5.02 Å². The summed E-state index contributed by atoms with van der Waals surface area (Å²) in [5, 5.41) is 3.04. The Balaban J connectivity index is 1.91. The van der Waals surface area contributed by atoms with E-state index in [-0.39, 0.29) is 18.6 Å². The van der Waals surface area contributed by atoms with Crippen LogP contribution in [0.3, 0.4) is 0 Å². The summed E-state index contributed by atoms with van der Waals surface area (Å²) in [6, 6.07) is 4.48. The molecule has 1 atom stereocenters. The number of nitrogen functional groups attached to an aromatic ring is 1. The summed E-state index contributed by atoms with van der Waals surface area (Å²) in [4.78, 5) is 22.7. The van der Waals surface area contributed by atoms with Gasteiger partial charge in [0.05, 0.1) is 22.3 Å². The van der Waals surface area contributed by atoms with Gasteiger partial charge in [-0.2, -0.15) is 0 Å². The van der Waals surface area contributed by atoms with Crippen LogP contribution in [0.1, 0.15) is 23.2 Å². The van der Waals surface area contributed by atoms with Crippen molar-refractivity contribution in [1.29, 1.82) is 0 Å². The van der Waals surface area contributed by atoms with E-state index in [1.54, 1.807) is 12.1 Å². The fourth-order valence-electron chi connectivity index (χ4n) is 1.72. The monoisotopic (exact) mass is 268 g/mol. The third-order valence-electron chi connectivity index (χ3n) is 2.74. The Morgan fingerprint density at radius 3 is 2.94 bits per heavy atom. The number of amides is 1. The fourth-order valence-corrected chi connectivity index (χ4v) is 1.90. The lowest BCUT2D eigenvalue weighted by atomic mass is 10.2. The summed E-state index contributed by atoms with van der Waals surface area (Å²) in [6.45, 7) is 0.173. The van der Waals surface area contributed by atoms with E-state index in [0.717, 1.165) is 0 Å². The second-order valence-electron chi connectivity index (χ2n) is 4.14. The van der Waals surface area contributed by atoms with Crippen molar-refractivity contribution in [1.82, 2.24) is 5.32 Å². The Bertz CT molecular complexity index is 490. The maximum atomic E-state index is 11.7. The summed E-state index contributed by atoms with van der Waals surface area (Å²) < 4.78 is 5.10. The number of hydrogen-bond acceptors (Lipinski definition) is 4. The van der Waals surface area contributed by atoms with Crippen molar-refractivity contribution in [3.63, 3.8) is 0 Å². The van der Waals surface area contributed by atoms with Gasteiger partial charge in [-0.3, -0.25) is 4.79 Å². The molecule has 0 bridgehead atoms. The molecule has 1 fully saturated rings. The minimum atomic E-state index is -0.474. The number of esters is 1. The first-order chi connectivity index (χ1) is 8.56. The maximum absolute atomic E-state index is 11.7. The lowest BCUT2D eigenvalue weighted by Crippen LogP contribution is -2.30. The van der Waals surface area contributed by atoms with E-state index in [0.29, 0.717) is 29.1 Å². The lowest BCUT2D eigenvalue weighted by Gasteiger charge is -2.11. The van der Waals surface area contributed by atoms with Gasteiger partial charge in [0.15, 0.2) is 0 Å². The molecule has 0 saturated carbocycles. The average molecular weight is 269 g/mol. The molecule has 5 nitrogen and oxygen atoms in total. The zero-order chi connectivity index (χ0) is 13.1. The number of ether oxygens (including phenoxy) is 1. The lowest BCUT2D eigenvalue weighted by molar-refractivity contribution is -0.119. The molecule has 1 aromatic rings. The van der Waals surface area contributed by atoms with Crippen molar-refractivity contribution in [2.75, 3.05) is 12.3 Å². The number of benzene rings is 1. The molecule has 1 heterocycles. The highest BCUT2D eigenvalue weighted by atomic mass is 35.5. The van der Waals surface area contributed by atoms with Crippen LogP contribution in [-0.4, -0.2) is 24.5 Å². The quantitative estimate of drug-likeness (QED) is 0.641. The molecule has 0 aliphatic carbocycles. The van der Waals surface area contributed by atoms with Crippen molar-refractivity contribution in [3.8, 4) is 0 Å². The molecule has 18 heavy (non-hydrogen) atoms. The standard InChI is InChI=1S/C12H13ClN2O3/c13-9-5-7(1-3-10(9)14)12(17)18-6-8-2-4-11(16)15-8/h1,3,5,8H,2,4,6,14H2,(H,15,16). The molecule has 1 amide bonds. The summed E-state index contributed by atoms with van der Waals surface area (Å²) in [7, 11) is 0. The highest BCUT2D eigenvalue weighted by Crippen LogP contribution is 2.20. The smallest absolute Gasteiger partial charge is 0.338 e. The van der Waals surface area contributed by atoms with Gasteiger partial charge >= 0.3 is 5.97 Å². The SMILES string of the molecule is Nc1ccc(C(=O)OCC2CCC(=O)N2)cc1Cl. The van der Waals surface area contributed by atoms with Gasteiger partial charge in [0.25, 0.3) is 0 Å². The Hall–Kier alpha value is -1.75. The van der Waals surface area contributed by atoms with Crippen LogP contribution in [-0.2, 0) is 9.53 Å². The van der Waals surface area contributed by atoms with Crippen molar-refractivity contribution in [3.05, 3.63) is 28.8 Å². The molecule has 6 heteroatoms. The maximum Gasteiger partial charge on any atom is 0.338 e. The zero-order valence-corrected chi connectivity index (χ0v) is 10.4. The van der Waals surface area contributed by atoms with Crippen LogP contribution in [0.15, 0.2) is 18.2 Å². The van der Waals surface area contributed by atoms with Crippen molar-refractivity contribution in [2.45, 2.75) is 18.9 Å². The summed E-state index contributed by atoms with van der Waals surface area (Å²) in [5.74, 6) is -0.482. The van der Waals surface area contributed by atoms with E-state index in [1.165, 1.54) is 6.07 Å². The van der Waals surface area contributed by atoms with Crippen LogP contribution in [0, 0.1) is 0 Å². The molecule has 0 aromatic heterocycles. The highest BCUT2D eigenvalue weighted by Gasteiger charge is 2.22. The van der Waals surface area contributed by atoms with E-state index in [4.69, 9.17) is 22.1 Å². The van der Waals surface area contributed by atoms with Gasteiger partial charge in [0.2, 0.25) is 5.91 Å². The molecule has 1 aliphatic rings. The van der Waals surface area contributed by atoms with Gasteiger partial charge in [0, 0.05) is 6.42 Å². The van der Waals surface area contributed by atoms with E-state index in [1.807, 2.05) is 0 Å². The molecule has 1 aliphatic heterocycles. The largest absolute Gasteiger partial charge is 0.460 e. The Labute approximate surface area is 109 Å². The molecular weight excluding hydrogens is 256 g/mol. The summed E-state index contributed by atoms with van der Waals surface area (Å²) >= 11 is 5.81. The molecule has 1 aromatic carbocycles. The van der Waals surface area contributed by atoms with E-state index in [2.05, 4.69) is 5.32 Å². The molecular formula is C12H13ClN2O3. The fraction of sp³-hybridized carbons (Fsp3) is 0.333. The predicted molar refractivity (Wildman–Crippen MR) is 67.3 cm³/mol. The second kappa shape index (κ2) is 5.27. The van der Waals surface area contributed by atoms with Crippen LogP contribution in [0.4, 0.5) is 5.69 Å². The third kappa shape index (κ3) is 2.92. The minimum absolute atomic E-state index is 0.00780. The van der Waals surface area contributed by atoms with Gasteiger partial charge in [-0.25, -0.2) is 4.79 Å². The molecule has 96 valence electrons. The molecule has 1 unspecified atom stereocenters. The number of anilines is 1. The number of carbonyl (C=O) groups excluding carboxylic acids is 2. The zero-order valence-electron chi connectivity index (χ0n) is 9.61. The molecule has 3 N–H and O–H groups in total. The van der Waals surface area contributed by atoms with E-state index in [9.17, 15) is 9.59 Å². The first-order valence-corrected chi connectivity index (χ1v) is 5.95. The van der Waals surface area contributed by atoms with Crippen LogP contribution < -0.4 is 11.1 Å². The van der Waals surface area contributed by atoms with Crippen LogP contribution in [0.5, 0.6) is 0 Å². The number of carbonyl (C=O) groups is 2. The molecule has 0 radical (unpaired) electrons. The topological polar surface area (TPSA) is 81.4 Å². The van der Waals surface area contributed by atoms with Crippen LogP contribution >= 0.6 is 11.6 Å². The molecule has 1 saturated heterocycles. The van der Waals surface area contributed by atoms with Gasteiger partial charge in [-0.1, -0.05) is 11.6 Å². The molecule has 0 spiro atoms. The van der Waals surface area contributed by atoms with E-state index >= 15 is 0 Å². The number of nitrogens with two attached hydrogens (primary N) is 1. The van der Waals surface area contributed by atoms with Gasteiger partial charge in [0.1, 0.15) is 6.61 Å². The van der Waals surface area contributed by atoms with E-state index < -0.39 is 5.97 Å². The van der Waals surface area contributed by atoms with Gasteiger partial charge < -0.3 is 15.8 Å². The highest BCUT2D eigenvalue weighted by molar-refractivity contribution is 6.33. The minimum Gasteiger partial charge on any atom is -0.460 e. The number of hydrogen-bond donors (Lipinski definition) is 2. The third-order valence-corrected chi connectivity index (χ3v) is 3.06. The Morgan fingerprint density at radius 1 is 1.56 bits per heavy atom. The normalized spacial score (nSPS) is 18.5. The van der Waals surface area contributed by atoms with Crippen molar-refractivity contribution >= 4 is 29.2 Å². The summed E-state index contributed by atoms with van der Waals surface area (Å²) in [5.41, 5.74) is 6.31. The number of halogens is 1. The summed E-state index contributed by atoms with van der Waals surface area (Å²) in [6.07, 6.45) is 1.17. The molecule has 2 rings (SSSR count). The van der Waals surface area contributed by atoms with Gasteiger partial charge in [-0.05, 0) is 24.6 Å². The number of rotatable bonds is 3. The van der Waals surface area contributed by atoms with Gasteiger partial charge in [-0.15, -0.1) is 0 Å². The first kappa shape index (κ1) is 12.7. The average Bonchev–Trinajstić information content (AvgIpc) is 2.75.